The Hall–Kier alpha value is -2.86. The lowest BCUT2D eigenvalue weighted by molar-refractivity contribution is -0.128. The minimum Gasteiger partial charge on any atom is -0.392 e. The van der Waals surface area contributed by atoms with E-state index in [2.05, 4.69) is 10.6 Å². The van der Waals surface area contributed by atoms with Crippen LogP contribution in [0.4, 0.5) is 4.79 Å². The molecule has 1 atom stereocenters. The molecule has 0 aliphatic carbocycles. The number of amides is 3. The number of nitrogens with zero attached hydrogens (tertiary/aromatic N) is 1. The van der Waals surface area contributed by atoms with Crippen LogP contribution in [0.5, 0.6) is 0 Å². The Morgan fingerprint density at radius 1 is 1.04 bits per heavy atom. The van der Waals surface area contributed by atoms with Crippen molar-refractivity contribution in [2.45, 2.75) is 32.2 Å². The Morgan fingerprint density at radius 3 is 2.42 bits per heavy atom. The lowest BCUT2D eigenvalue weighted by Gasteiger charge is -2.17. The van der Waals surface area contributed by atoms with E-state index in [1.807, 2.05) is 54.6 Å². The molecule has 1 saturated heterocycles. The van der Waals surface area contributed by atoms with Gasteiger partial charge in [-0.05, 0) is 16.7 Å². The van der Waals surface area contributed by atoms with Crippen LogP contribution < -0.4 is 10.6 Å². The first kappa shape index (κ1) is 17.9. The molecule has 1 aliphatic heterocycles. The fourth-order valence-corrected chi connectivity index (χ4v) is 3.01. The highest BCUT2D eigenvalue weighted by Crippen LogP contribution is 2.15. The van der Waals surface area contributed by atoms with E-state index in [1.54, 1.807) is 4.90 Å². The first-order valence-corrected chi connectivity index (χ1v) is 8.69. The second kappa shape index (κ2) is 8.49. The minimum absolute atomic E-state index is 0.00336. The summed E-state index contributed by atoms with van der Waals surface area (Å²) in [6.45, 7) is 1.48. The van der Waals surface area contributed by atoms with Crippen molar-refractivity contribution < 1.29 is 14.7 Å². The largest absolute Gasteiger partial charge is 0.392 e. The molecule has 3 rings (SSSR count). The number of hydrogen-bond donors (Lipinski definition) is 3. The van der Waals surface area contributed by atoms with Gasteiger partial charge < -0.3 is 20.6 Å². The van der Waals surface area contributed by atoms with Crippen LogP contribution in [0, 0.1) is 0 Å². The summed E-state index contributed by atoms with van der Waals surface area (Å²) in [6.07, 6.45) is 0.325. The number of carbonyl (C=O) groups is 2. The summed E-state index contributed by atoms with van der Waals surface area (Å²) in [5.74, 6) is 0.0544. The monoisotopic (exact) mass is 353 g/mol. The smallest absolute Gasteiger partial charge is 0.315 e. The molecule has 0 saturated carbocycles. The zero-order chi connectivity index (χ0) is 18.4. The van der Waals surface area contributed by atoms with Gasteiger partial charge in [-0.1, -0.05) is 54.6 Å². The van der Waals surface area contributed by atoms with Crippen molar-refractivity contribution in [3.8, 4) is 0 Å². The summed E-state index contributed by atoms with van der Waals surface area (Å²) in [6, 6.07) is 16.8. The lowest BCUT2D eigenvalue weighted by atomic mass is 10.1. The van der Waals surface area contributed by atoms with Gasteiger partial charge in [-0.15, -0.1) is 0 Å². The maximum absolute atomic E-state index is 12.1. The Labute approximate surface area is 152 Å². The van der Waals surface area contributed by atoms with Crippen LogP contribution in [-0.4, -0.2) is 34.5 Å². The van der Waals surface area contributed by atoms with Crippen LogP contribution in [0.1, 0.15) is 23.1 Å². The Kier molecular flexibility index (Phi) is 5.86. The zero-order valence-electron chi connectivity index (χ0n) is 14.5. The second-order valence-electron chi connectivity index (χ2n) is 6.46. The molecule has 1 unspecified atom stereocenters. The molecule has 1 fully saturated rings. The van der Waals surface area contributed by atoms with Crippen LogP contribution in [0.15, 0.2) is 54.6 Å². The highest BCUT2D eigenvalue weighted by atomic mass is 16.3. The summed E-state index contributed by atoms with van der Waals surface area (Å²) < 4.78 is 0. The Morgan fingerprint density at radius 2 is 1.73 bits per heavy atom. The third kappa shape index (κ3) is 4.83. The van der Waals surface area contributed by atoms with Gasteiger partial charge in [-0.3, -0.25) is 4.79 Å². The second-order valence-corrected chi connectivity index (χ2v) is 6.46. The van der Waals surface area contributed by atoms with E-state index in [0.29, 0.717) is 26.1 Å². The number of benzene rings is 2. The average Bonchev–Trinajstić information content (AvgIpc) is 3.00. The fraction of sp³-hybridized carbons (Fsp3) is 0.300. The summed E-state index contributed by atoms with van der Waals surface area (Å²) in [5, 5.41) is 14.7. The Balaban J connectivity index is 1.45. The average molecular weight is 353 g/mol. The predicted molar refractivity (Wildman–Crippen MR) is 98.0 cm³/mol. The molecule has 1 aliphatic rings. The highest BCUT2D eigenvalue weighted by molar-refractivity contribution is 5.81. The molecular formula is C20H23N3O3. The van der Waals surface area contributed by atoms with Gasteiger partial charge in [0.15, 0.2) is 0 Å². The van der Waals surface area contributed by atoms with Gasteiger partial charge in [0.05, 0.1) is 12.6 Å². The van der Waals surface area contributed by atoms with Gasteiger partial charge in [-0.2, -0.15) is 0 Å². The molecule has 0 radical (unpaired) electrons. The van der Waals surface area contributed by atoms with Crippen molar-refractivity contribution in [2.75, 3.05) is 6.54 Å². The molecule has 6 heteroatoms. The summed E-state index contributed by atoms with van der Waals surface area (Å²) in [7, 11) is 0. The van der Waals surface area contributed by atoms with E-state index in [9.17, 15) is 9.59 Å². The van der Waals surface area contributed by atoms with Gasteiger partial charge in [0.25, 0.3) is 0 Å². The van der Waals surface area contributed by atoms with Crippen molar-refractivity contribution in [3.63, 3.8) is 0 Å². The fourth-order valence-electron chi connectivity index (χ4n) is 3.01. The SMILES string of the molecule is O=C(NCc1ccc(CO)cc1)NC1CC(=O)N(Cc2ccccc2)C1. The lowest BCUT2D eigenvalue weighted by Crippen LogP contribution is -2.43. The maximum atomic E-state index is 12.1. The van der Waals surface area contributed by atoms with Crippen molar-refractivity contribution in [1.29, 1.82) is 0 Å². The maximum Gasteiger partial charge on any atom is 0.315 e. The number of nitrogens with one attached hydrogen (secondary N) is 2. The molecule has 2 aromatic rings. The number of carbonyl (C=O) groups excluding carboxylic acids is 2. The number of urea groups is 1. The zero-order valence-corrected chi connectivity index (χ0v) is 14.5. The molecule has 1 heterocycles. The molecule has 0 bridgehead atoms. The summed E-state index contributed by atoms with van der Waals surface area (Å²) >= 11 is 0. The third-order valence-electron chi connectivity index (χ3n) is 4.42. The molecule has 3 N–H and O–H groups in total. The van der Waals surface area contributed by atoms with Gasteiger partial charge in [0.1, 0.15) is 0 Å². The van der Waals surface area contributed by atoms with Crippen molar-refractivity contribution >= 4 is 11.9 Å². The third-order valence-corrected chi connectivity index (χ3v) is 4.42. The first-order valence-electron chi connectivity index (χ1n) is 8.69. The van der Waals surface area contributed by atoms with Crippen LogP contribution in [0.3, 0.4) is 0 Å². The van der Waals surface area contributed by atoms with Gasteiger partial charge >= 0.3 is 6.03 Å². The molecule has 26 heavy (non-hydrogen) atoms. The van der Waals surface area contributed by atoms with Crippen molar-refractivity contribution in [1.82, 2.24) is 15.5 Å². The topological polar surface area (TPSA) is 81.7 Å². The number of aliphatic hydroxyl groups is 1. The van der Waals surface area contributed by atoms with E-state index >= 15 is 0 Å². The van der Waals surface area contributed by atoms with Crippen LogP contribution in [0.25, 0.3) is 0 Å². The van der Waals surface area contributed by atoms with Gasteiger partial charge in [0, 0.05) is 26.1 Å². The summed E-state index contributed by atoms with van der Waals surface area (Å²) in [5.41, 5.74) is 2.86. The number of likely N-dealkylation sites (tertiary alicyclic amines) is 1. The number of rotatable bonds is 6. The van der Waals surface area contributed by atoms with Crippen LogP contribution in [-0.2, 0) is 24.5 Å². The molecule has 0 spiro atoms. The van der Waals surface area contributed by atoms with E-state index in [-0.39, 0.29) is 24.6 Å². The normalized spacial score (nSPS) is 16.6. The molecule has 0 aromatic heterocycles. The van der Waals surface area contributed by atoms with E-state index < -0.39 is 0 Å². The Bertz CT molecular complexity index is 747. The molecule has 3 amide bonds. The van der Waals surface area contributed by atoms with Crippen molar-refractivity contribution in [3.05, 3.63) is 71.3 Å². The van der Waals surface area contributed by atoms with E-state index in [1.165, 1.54) is 0 Å². The van der Waals surface area contributed by atoms with Gasteiger partial charge in [0.2, 0.25) is 5.91 Å². The number of aliphatic hydroxyl groups excluding tert-OH is 1. The highest BCUT2D eigenvalue weighted by Gasteiger charge is 2.30. The first-order chi connectivity index (χ1) is 12.6. The molecule has 136 valence electrons. The molecule has 2 aromatic carbocycles. The van der Waals surface area contributed by atoms with E-state index in [0.717, 1.165) is 16.7 Å². The van der Waals surface area contributed by atoms with Gasteiger partial charge in [-0.25, -0.2) is 4.79 Å². The minimum atomic E-state index is -0.282. The van der Waals surface area contributed by atoms with Crippen LogP contribution in [0.2, 0.25) is 0 Å². The van der Waals surface area contributed by atoms with Crippen LogP contribution >= 0.6 is 0 Å². The van der Waals surface area contributed by atoms with E-state index in [4.69, 9.17) is 5.11 Å². The summed E-state index contributed by atoms with van der Waals surface area (Å²) in [4.78, 5) is 26.0. The number of hydrogen-bond acceptors (Lipinski definition) is 3. The predicted octanol–water partition coefficient (Wildman–Crippen LogP) is 1.78. The quantitative estimate of drug-likeness (QED) is 0.740. The van der Waals surface area contributed by atoms with Crippen molar-refractivity contribution in [2.24, 2.45) is 0 Å². The molecule has 6 nitrogen and oxygen atoms in total. The molecular weight excluding hydrogens is 330 g/mol. The standard InChI is InChI=1S/C20H23N3O3/c24-14-17-8-6-15(7-9-17)11-21-20(26)22-18-10-19(25)23(13-18)12-16-4-2-1-3-5-16/h1-9,18,24H,10-14H2,(H2,21,22,26).